The topological polar surface area (TPSA) is 92.3 Å². The van der Waals surface area contributed by atoms with Crippen molar-refractivity contribution < 1.29 is 13.2 Å². The SMILES string of the molecule is CCCSc1nnc(NC(=O)CN(c2cc(C)cc(C)c2)S(=O)(=O)c2ccc(C)cc2)s1. The quantitative estimate of drug-likeness (QED) is 0.342. The van der Waals surface area contributed by atoms with E-state index in [2.05, 4.69) is 22.4 Å². The molecule has 2 aromatic carbocycles. The van der Waals surface area contributed by atoms with Crippen LogP contribution in [0.5, 0.6) is 0 Å². The fraction of sp³-hybridized carbons (Fsp3) is 0.318. The second-order valence-electron chi connectivity index (χ2n) is 7.44. The number of rotatable bonds is 9. The van der Waals surface area contributed by atoms with Crippen LogP contribution in [0.2, 0.25) is 0 Å². The van der Waals surface area contributed by atoms with Gasteiger partial charge >= 0.3 is 0 Å². The van der Waals surface area contributed by atoms with Gasteiger partial charge in [-0.3, -0.25) is 14.4 Å². The molecule has 1 heterocycles. The van der Waals surface area contributed by atoms with E-state index in [1.54, 1.807) is 48.2 Å². The number of nitrogens with one attached hydrogen (secondary N) is 1. The van der Waals surface area contributed by atoms with Gasteiger partial charge in [0.2, 0.25) is 11.0 Å². The van der Waals surface area contributed by atoms with Gasteiger partial charge in [-0.2, -0.15) is 0 Å². The van der Waals surface area contributed by atoms with E-state index in [0.29, 0.717) is 10.8 Å². The molecule has 3 rings (SSSR count). The fourth-order valence-electron chi connectivity index (χ4n) is 3.04. The molecule has 0 radical (unpaired) electrons. The molecular weight excluding hydrogens is 464 g/mol. The molecule has 0 atom stereocenters. The van der Waals surface area contributed by atoms with E-state index in [1.807, 2.05) is 26.8 Å². The Morgan fingerprint density at radius 2 is 1.69 bits per heavy atom. The maximum atomic E-state index is 13.5. The Morgan fingerprint density at radius 1 is 1.03 bits per heavy atom. The zero-order chi connectivity index (χ0) is 23.3. The van der Waals surface area contributed by atoms with Crippen molar-refractivity contribution in [3.63, 3.8) is 0 Å². The van der Waals surface area contributed by atoms with Gasteiger partial charge in [-0.15, -0.1) is 10.2 Å². The highest BCUT2D eigenvalue weighted by atomic mass is 32.2. The highest BCUT2D eigenvalue weighted by Crippen LogP contribution is 2.28. The molecule has 1 N–H and O–H groups in total. The Labute approximate surface area is 197 Å². The fourth-order valence-corrected chi connectivity index (χ4v) is 6.14. The average Bonchev–Trinajstić information content (AvgIpc) is 3.17. The van der Waals surface area contributed by atoms with Gasteiger partial charge in [-0.05, 0) is 62.6 Å². The van der Waals surface area contributed by atoms with E-state index >= 15 is 0 Å². The number of aryl methyl sites for hydroxylation is 3. The van der Waals surface area contributed by atoms with Crippen molar-refractivity contribution in [3.05, 3.63) is 59.2 Å². The van der Waals surface area contributed by atoms with Crippen LogP contribution < -0.4 is 9.62 Å². The zero-order valence-corrected chi connectivity index (χ0v) is 20.9. The lowest BCUT2D eigenvalue weighted by molar-refractivity contribution is -0.114. The molecule has 10 heteroatoms. The van der Waals surface area contributed by atoms with Crippen LogP contribution in [0.15, 0.2) is 51.7 Å². The Hall–Kier alpha value is -2.43. The smallest absolute Gasteiger partial charge is 0.264 e. The van der Waals surface area contributed by atoms with Gasteiger partial charge in [0.15, 0.2) is 4.34 Å². The third-order valence-corrected chi connectivity index (χ3v) is 8.44. The highest BCUT2D eigenvalue weighted by Gasteiger charge is 2.28. The summed E-state index contributed by atoms with van der Waals surface area (Å²) in [6.45, 7) is 7.37. The van der Waals surface area contributed by atoms with Gasteiger partial charge in [-0.25, -0.2) is 8.42 Å². The van der Waals surface area contributed by atoms with Crippen LogP contribution in [-0.2, 0) is 14.8 Å². The molecule has 0 unspecified atom stereocenters. The van der Waals surface area contributed by atoms with E-state index < -0.39 is 15.9 Å². The summed E-state index contributed by atoms with van der Waals surface area (Å²) in [6.07, 6.45) is 1.01. The molecule has 32 heavy (non-hydrogen) atoms. The average molecular weight is 491 g/mol. The lowest BCUT2D eigenvalue weighted by Crippen LogP contribution is -2.38. The summed E-state index contributed by atoms with van der Waals surface area (Å²) in [4.78, 5) is 13.0. The molecule has 0 spiro atoms. The maximum absolute atomic E-state index is 13.5. The predicted octanol–water partition coefficient (Wildman–Crippen LogP) is 4.80. The lowest BCUT2D eigenvalue weighted by Gasteiger charge is -2.24. The first-order chi connectivity index (χ1) is 15.2. The first kappa shape index (κ1) is 24.2. The standard InChI is InChI=1S/C22H26N4O3S3/c1-5-10-30-22-25-24-21(31-22)23-20(27)14-26(18-12-16(3)11-17(4)13-18)32(28,29)19-8-6-15(2)7-9-19/h6-9,11-13H,5,10,14H2,1-4H3,(H,23,24,27). The van der Waals surface area contributed by atoms with Crippen LogP contribution in [0.25, 0.3) is 0 Å². The number of carbonyl (C=O) groups is 1. The number of amides is 1. The number of aromatic nitrogens is 2. The van der Waals surface area contributed by atoms with Gasteiger partial charge in [0.25, 0.3) is 10.0 Å². The second-order valence-corrected chi connectivity index (χ2v) is 11.6. The largest absolute Gasteiger partial charge is 0.299 e. The molecular formula is C22H26N4O3S3. The van der Waals surface area contributed by atoms with Crippen molar-refractivity contribution in [3.8, 4) is 0 Å². The summed E-state index contributed by atoms with van der Waals surface area (Å²) in [5.74, 6) is 0.431. The number of nitrogens with zero attached hydrogens (tertiary/aromatic N) is 3. The predicted molar refractivity (Wildman–Crippen MR) is 131 cm³/mol. The number of hydrogen-bond donors (Lipinski definition) is 1. The number of sulfonamides is 1. The van der Waals surface area contributed by atoms with Crippen molar-refractivity contribution in [1.29, 1.82) is 0 Å². The summed E-state index contributed by atoms with van der Waals surface area (Å²) >= 11 is 2.85. The molecule has 0 saturated carbocycles. The Morgan fingerprint density at radius 3 is 2.31 bits per heavy atom. The third kappa shape index (κ3) is 6.08. The van der Waals surface area contributed by atoms with Crippen LogP contribution in [0.1, 0.15) is 30.0 Å². The van der Waals surface area contributed by atoms with E-state index in [9.17, 15) is 13.2 Å². The molecule has 1 amide bonds. The number of hydrogen-bond acceptors (Lipinski definition) is 7. The Bertz CT molecular complexity index is 1170. The van der Waals surface area contributed by atoms with Crippen molar-refractivity contribution >= 4 is 49.8 Å². The molecule has 170 valence electrons. The van der Waals surface area contributed by atoms with Crippen LogP contribution in [0.4, 0.5) is 10.8 Å². The van der Waals surface area contributed by atoms with E-state index in [0.717, 1.165) is 37.5 Å². The van der Waals surface area contributed by atoms with Crippen molar-refractivity contribution in [1.82, 2.24) is 10.2 Å². The van der Waals surface area contributed by atoms with Gasteiger partial charge in [0.05, 0.1) is 10.6 Å². The van der Waals surface area contributed by atoms with Gasteiger partial charge in [-0.1, -0.05) is 53.8 Å². The lowest BCUT2D eigenvalue weighted by atomic mass is 10.1. The Balaban J connectivity index is 1.89. The molecule has 0 saturated heterocycles. The molecule has 0 aliphatic rings. The van der Waals surface area contributed by atoms with E-state index in [1.165, 1.54) is 11.3 Å². The zero-order valence-electron chi connectivity index (χ0n) is 18.5. The minimum absolute atomic E-state index is 0.129. The van der Waals surface area contributed by atoms with E-state index in [-0.39, 0.29) is 11.4 Å². The van der Waals surface area contributed by atoms with Gasteiger partial charge in [0, 0.05) is 5.75 Å². The number of thioether (sulfide) groups is 1. The number of benzene rings is 2. The molecule has 7 nitrogen and oxygen atoms in total. The van der Waals surface area contributed by atoms with Crippen molar-refractivity contribution in [2.75, 3.05) is 21.9 Å². The van der Waals surface area contributed by atoms with Crippen LogP contribution >= 0.6 is 23.1 Å². The Kier molecular flexibility index (Phi) is 7.91. The molecule has 3 aromatic rings. The molecule has 0 bridgehead atoms. The van der Waals surface area contributed by atoms with Crippen molar-refractivity contribution in [2.24, 2.45) is 0 Å². The molecule has 0 aliphatic carbocycles. The summed E-state index contributed by atoms with van der Waals surface area (Å²) in [5, 5.41) is 11.1. The van der Waals surface area contributed by atoms with Crippen LogP contribution in [0, 0.1) is 20.8 Å². The normalized spacial score (nSPS) is 11.4. The number of anilines is 2. The third-order valence-electron chi connectivity index (χ3n) is 4.47. The molecule has 0 aliphatic heterocycles. The van der Waals surface area contributed by atoms with E-state index in [4.69, 9.17) is 0 Å². The van der Waals surface area contributed by atoms with Crippen LogP contribution in [-0.4, -0.2) is 36.8 Å². The van der Waals surface area contributed by atoms with Gasteiger partial charge in [0.1, 0.15) is 6.54 Å². The maximum Gasteiger partial charge on any atom is 0.264 e. The first-order valence-corrected chi connectivity index (χ1v) is 13.4. The summed E-state index contributed by atoms with van der Waals surface area (Å²) in [5.41, 5.74) is 3.21. The molecule has 0 fully saturated rings. The minimum atomic E-state index is -3.96. The summed E-state index contributed by atoms with van der Waals surface area (Å²) in [7, 11) is -3.96. The highest BCUT2D eigenvalue weighted by molar-refractivity contribution is 8.01. The summed E-state index contributed by atoms with van der Waals surface area (Å²) in [6, 6.07) is 12.1. The number of carbonyl (C=O) groups excluding carboxylic acids is 1. The van der Waals surface area contributed by atoms with Crippen molar-refractivity contribution in [2.45, 2.75) is 43.4 Å². The monoisotopic (exact) mass is 490 g/mol. The minimum Gasteiger partial charge on any atom is -0.299 e. The molecule has 1 aromatic heterocycles. The second kappa shape index (κ2) is 10.5. The summed E-state index contributed by atoms with van der Waals surface area (Å²) < 4.78 is 28.9. The van der Waals surface area contributed by atoms with Crippen LogP contribution in [0.3, 0.4) is 0 Å². The first-order valence-electron chi connectivity index (χ1n) is 10.1. The van der Waals surface area contributed by atoms with Gasteiger partial charge < -0.3 is 0 Å².